The van der Waals surface area contributed by atoms with Crippen molar-refractivity contribution in [2.45, 2.75) is 19.9 Å². The molecule has 2 heterocycles. The summed E-state index contributed by atoms with van der Waals surface area (Å²) in [6, 6.07) is 12.0. The minimum Gasteiger partial charge on any atom is -0.339 e. The zero-order valence-electron chi connectivity index (χ0n) is 13.0. The van der Waals surface area contributed by atoms with Crippen LogP contribution in [-0.4, -0.2) is 25.1 Å². The fourth-order valence-electron chi connectivity index (χ4n) is 2.57. The van der Waals surface area contributed by atoms with E-state index >= 15 is 0 Å². The van der Waals surface area contributed by atoms with Gasteiger partial charge < -0.3 is 4.52 Å². The van der Waals surface area contributed by atoms with Crippen molar-refractivity contribution in [1.82, 2.24) is 25.1 Å². The SMILES string of the molecule is CCn1nnc2cc(-c3noc(Cc4ccc(F)cc4)n3)ccc21. The second kappa shape index (κ2) is 5.84. The van der Waals surface area contributed by atoms with Gasteiger partial charge in [-0.15, -0.1) is 5.10 Å². The van der Waals surface area contributed by atoms with Crippen molar-refractivity contribution >= 4 is 11.0 Å². The first-order valence-corrected chi connectivity index (χ1v) is 7.63. The zero-order chi connectivity index (χ0) is 16.5. The maximum atomic E-state index is 12.9. The van der Waals surface area contributed by atoms with Gasteiger partial charge in [0.2, 0.25) is 11.7 Å². The predicted molar refractivity (Wildman–Crippen MR) is 85.7 cm³/mol. The minimum absolute atomic E-state index is 0.265. The molecule has 2 aromatic carbocycles. The maximum Gasteiger partial charge on any atom is 0.231 e. The largest absolute Gasteiger partial charge is 0.339 e. The third kappa shape index (κ3) is 2.64. The van der Waals surface area contributed by atoms with Crippen molar-refractivity contribution in [3.05, 3.63) is 59.7 Å². The second-order valence-corrected chi connectivity index (χ2v) is 5.42. The topological polar surface area (TPSA) is 69.6 Å². The molecule has 0 aliphatic rings. The number of fused-ring (bicyclic) bond motifs is 1. The zero-order valence-corrected chi connectivity index (χ0v) is 13.0. The van der Waals surface area contributed by atoms with Gasteiger partial charge in [0, 0.05) is 12.1 Å². The van der Waals surface area contributed by atoms with Crippen LogP contribution in [0.2, 0.25) is 0 Å². The molecule has 0 spiro atoms. The number of aryl methyl sites for hydroxylation is 1. The Morgan fingerprint density at radius 3 is 2.75 bits per heavy atom. The van der Waals surface area contributed by atoms with E-state index in [1.807, 2.05) is 29.8 Å². The van der Waals surface area contributed by atoms with Crippen LogP contribution in [0, 0.1) is 5.82 Å². The van der Waals surface area contributed by atoms with Crippen molar-refractivity contribution < 1.29 is 8.91 Å². The Morgan fingerprint density at radius 1 is 1.12 bits per heavy atom. The first-order chi connectivity index (χ1) is 11.7. The van der Waals surface area contributed by atoms with Gasteiger partial charge in [-0.25, -0.2) is 9.07 Å². The highest BCUT2D eigenvalue weighted by atomic mass is 19.1. The van der Waals surface area contributed by atoms with Crippen molar-refractivity contribution in [2.24, 2.45) is 0 Å². The van der Waals surface area contributed by atoms with E-state index < -0.39 is 0 Å². The van der Waals surface area contributed by atoms with Crippen molar-refractivity contribution in [1.29, 1.82) is 0 Å². The molecule has 0 unspecified atom stereocenters. The third-order valence-corrected chi connectivity index (χ3v) is 3.81. The quantitative estimate of drug-likeness (QED) is 0.577. The molecule has 7 heteroatoms. The summed E-state index contributed by atoms with van der Waals surface area (Å²) >= 11 is 0. The van der Waals surface area contributed by atoms with Crippen LogP contribution in [-0.2, 0) is 13.0 Å². The van der Waals surface area contributed by atoms with E-state index in [9.17, 15) is 4.39 Å². The van der Waals surface area contributed by atoms with Crippen molar-refractivity contribution in [3.63, 3.8) is 0 Å². The van der Waals surface area contributed by atoms with Crippen LogP contribution >= 0.6 is 0 Å². The van der Waals surface area contributed by atoms with Gasteiger partial charge in [-0.3, -0.25) is 0 Å². The lowest BCUT2D eigenvalue weighted by atomic mass is 10.1. The lowest BCUT2D eigenvalue weighted by Crippen LogP contribution is -1.95. The number of hydrogen-bond donors (Lipinski definition) is 0. The predicted octanol–water partition coefficient (Wildman–Crippen LogP) is 3.23. The molecule has 6 nitrogen and oxygen atoms in total. The van der Waals surface area contributed by atoms with Gasteiger partial charge in [-0.1, -0.05) is 22.5 Å². The molecule has 0 bridgehead atoms. The molecule has 0 amide bonds. The molecule has 120 valence electrons. The standard InChI is InChI=1S/C17H14FN5O/c1-2-23-15-8-5-12(10-14(15)20-22-23)17-19-16(24-21-17)9-11-3-6-13(18)7-4-11/h3-8,10H,2,9H2,1H3. The van der Waals surface area contributed by atoms with Gasteiger partial charge in [-0.2, -0.15) is 4.98 Å². The molecular formula is C17H14FN5O. The summed E-state index contributed by atoms with van der Waals surface area (Å²) in [5, 5.41) is 12.3. The van der Waals surface area contributed by atoms with Crippen LogP contribution in [0.5, 0.6) is 0 Å². The van der Waals surface area contributed by atoms with E-state index in [1.54, 1.807) is 12.1 Å². The summed E-state index contributed by atoms with van der Waals surface area (Å²) in [7, 11) is 0. The van der Waals surface area contributed by atoms with E-state index in [0.29, 0.717) is 18.1 Å². The molecule has 4 aromatic rings. The molecule has 0 aliphatic carbocycles. The molecule has 0 saturated carbocycles. The van der Waals surface area contributed by atoms with Gasteiger partial charge in [0.1, 0.15) is 11.3 Å². The van der Waals surface area contributed by atoms with Crippen LogP contribution in [0.15, 0.2) is 47.0 Å². The normalized spacial score (nSPS) is 11.2. The molecule has 0 atom stereocenters. The van der Waals surface area contributed by atoms with E-state index in [2.05, 4.69) is 20.5 Å². The van der Waals surface area contributed by atoms with E-state index in [4.69, 9.17) is 4.52 Å². The summed E-state index contributed by atoms with van der Waals surface area (Å²) in [5.74, 6) is 0.715. The first-order valence-electron chi connectivity index (χ1n) is 7.63. The highest BCUT2D eigenvalue weighted by molar-refractivity contribution is 5.79. The average Bonchev–Trinajstić information content (AvgIpc) is 3.23. The fraction of sp³-hybridized carbons (Fsp3) is 0.176. The summed E-state index contributed by atoms with van der Waals surface area (Å²) < 4.78 is 20.1. The number of aromatic nitrogens is 5. The Balaban J connectivity index is 1.61. The van der Waals surface area contributed by atoms with E-state index in [-0.39, 0.29) is 5.82 Å². The lowest BCUT2D eigenvalue weighted by molar-refractivity contribution is 0.385. The Morgan fingerprint density at radius 2 is 1.96 bits per heavy atom. The molecular weight excluding hydrogens is 309 g/mol. The molecule has 4 rings (SSSR count). The molecule has 24 heavy (non-hydrogen) atoms. The van der Waals surface area contributed by atoms with Gasteiger partial charge in [0.05, 0.1) is 11.9 Å². The van der Waals surface area contributed by atoms with Crippen molar-refractivity contribution in [2.75, 3.05) is 0 Å². The maximum absolute atomic E-state index is 12.9. The Kier molecular flexibility index (Phi) is 3.53. The number of halogens is 1. The highest BCUT2D eigenvalue weighted by Crippen LogP contribution is 2.21. The van der Waals surface area contributed by atoms with Gasteiger partial charge in [0.15, 0.2) is 0 Å². The smallest absolute Gasteiger partial charge is 0.231 e. The average molecular weight is 323 g/mol. The molecule has 0 radical (unpaired) electrons. The summed E-state index contributed by atoms with van der Waals surface area (Å²) in [4.78, 5) is 4.41. The molecule has 0 N–H and O–H groups in total. The van der Waals surface area contributed by atoms with Crippen LogP contribution in [0.1, 0.15) is 18.4 Å². The van der Waals surface area contributed by atoms with Gasteiger partial charge in [-0.05, 0) is 42.8 Å². The van der Waals surface area contributed by atoms with E-state index in [0.717, 1.165) is 28.7 Å². The number of benzene rings is 2. The fourth-order valence-corrected chi connectivity index (χ4v) is 2.57. The Bertz CT molecular complexity index is 990. The van der Waals surface area contributed by atoms with E-state index in [1.165, 1.54) is 12.1 Å². The minimum atomic E-state index is -0.265. The van der Waals surface area contributed by atoms with Crippen LogP contribution in [0.4, 0.5) is 4.39 Å². The van der Waals surface area contributed by atoms with Crippen LogP contribution in [0.3, 0.4) is 0 Å². The highest BCUT2D eigenvalue weighted by Gasteiger charge is 2.12. The molecule has 0 aliphatic heterocycles. The number of nitrogens with zero attached hydrogens (tertiary/aromatic N) is 5. The Hall–Kier alpha value is -3.09. The Labute approximate surface area is 136 Å². The van der Waals surface area contributed by atoms with Crippen LogP contribution < -0.4 is 0 Å². The molecule has 0 saturated heterocycles. The van der Waals surface area contributed by atoms with Gasteiger partial charge >= 0.3 is 0 Å². The summed E-state index contributed by atoms with van der Waals surface area (Å²) in [6.07, 6.45) is 0.460. The first kappa shape index (κ1) is 14.5. The second-order valence-electron chi connectivity index (χ2n) is 5.42. The van der Waals surface area contributed by atoms with Crippen molar-refractivity contribution in [3.8, 4) is 11.4 Å². The van der Waals surface area contributed by atoms with Crippen LogP contribution in [0.25, 0.3) is 22.4 Å². The summed E-state index contributed by atoms with van der Waals surface area (Å²) in [6.45, 7) is 2.78. The lowest BCUT2D eigenvalue weighted by Gasteiger charge is -1.97. The number of rotatable bonds is 4. The van der Waals surface area contributed by atoms with Gasteiger partial charge in [0.25, 0.3) is 0 Å². The molecule has 0 fully saturated rings. The monoisotopic (exact) mass is 323 g/mol. The third-order valence-electron chi connectivity index (χ3n) is 3.81. The summed E-state index contributed by atoms with van der Waals surface area (Å²) in [5.41, 5.74) is 3.49. The molecule has 2 aromatic heterocycles. The number of hydrogen-bond acceptors (Lipinski definition) is 5.